The fourth-order valence-corrected chi connectivity index (χ4v) is 2.57. The number of halogens is 1. The van der Waals surface area contributed by atoms with Crippen LogP contribution in [0.5, 0.6) is 5.75 Å². The van der Waals surface area contributed by atoms with Crippen LogP contribution in [0, 0.1) is 12.8 Å². The van der Waals surface area contributed by atoms with E-state index in [9.17, 15) is 4.79 Å². The number of carbonyl (C=O) groups excluding carboxylic acids is 1. The van der Waals surface area contributed by atoms with Crippen LogP contribution in [0.2, 0.25) is 5.15 Å². The number of amides is 1. The summed E-state index contributed by atoms with van der Waals surface area (Å²) < 4.78 is 6.83. The van der Waals surface area contributed by atoms with Gasteiger partial charge in [-0.05, 0) is 37.1 Å². The number of aromatic nitrogens is 2. The Hall–Kier alpha value is -2.54. The molecule has 140 valence electrons. The normalized spacial score (nSPS) is 11.2. The molecule has 0 atom stereocenters. The summed E-state index contributed by atoms with van der Waals surface area (Å²) in [6.45, 7) is 6.88. The van der Waals surface area contributed by atoms with Crippen molar-refractivity contribution in [1.82, 2.24) is 15.2 Å². The topological polar surface area (TPSA) is 80.5 Å². The zero-order valence-electron chi connectivity index (χ0n) is 15.4. The lowest BCUT2D eigenvalue weighted by Crippen LogP contribution is -2.25. The van der Waals surface area contributed by atoms with Crippen LogP contribution in [0.25, 0.3) is 0 Å². The zero-order valence-corrected chi connectivity index (χ0v) is 16.2. The van der Waals surface area contributed by atoms with E-state index in [0.717, 1.165) is 23.7 Å². The minimum Gasteiger partial charge on any atom is -0.497 e. The van der Waals surface area contributed by atoms with Crippen molar-refractivity contribution in [3.8, 4) is 5.75 Å². The van der Waals surface area contributed by atoms with Crippen LogP contribution >= 0.6 is 11.6 Å². The van der Waals surface area contributed by atoms with Gasteiger partial charge in [-0.25, -0.2) is 5.43 Å². The van der Waals surface area contributed by atoms with Gasteiger partial charge in [0.05, 0.1) is 31.1 Å². The third kappa shape index (κ3) is 5.49. The molecular formula is C18H24ClN5O2. The quantitative estimate of drug-likeness (QED) is 0.547. The first-order valence-electron chi connectivity index (χ1n) is 8.33. The number of ether oxygens (including phenoxy) is 1. The van der Waals surface area contributed by atoms with Gasteiger partial charge in [-0.2, -0.15) is 10.2 Å². The van der Waals surface area contributed by atoms with Gasteiger partial charge in [0.1, 0.15) is 10.9 Å². The van der Waals surface area contributed by atoms with Crippen LogP contribution in [0.3, 0.4) is 0 Å². The second-order valence-electron chi connectivity index (χ2n) is 6.24. The monoisotopic (exact) mass is 377 g/mol. The minimum absolute atomic E-state index is 0.100. The Kier molecular flexibility index (Phi) is 7.03. The van der Waals surface area contributed by atoms with Crippen molar-refractivity contribution in [2.45, 2.75) is 27.3 Å². The Morgan fingerprint density at radius 2 is 2.08 bits per heavy atom. The maximum Gasteiger partial charge on any atom is 0.259 e. The van der Waals surface area contributed by atoms with E-state index >= 15 is 0 Å². The first kappa shape index (κ1) is 19.8. The lowest BCUT2D eigenvalue weighted by Gasteiger charge is -2.06. The second-order valence-corrected chi connectivity index (χ2v) is 6.60. The van der Waals surface area contributed by atoms with Gasteiger partial charge >= 0.3 is 0 Å². The molecule has 0 aliphatic carbocycles. The van der Waals surface area contributed by atoms with Gasteiger partial charge in [-0.3, -0.25) is 9.48 Å². The van der Waals surface area contributed by atoms with E-state index in [1.807, 2.05) is 31.2 Å². The average Bonchev–Trinajstić information content (AvgIpc) is 2.87. The van der Waals surface area contributed by atoms with E-state index in [4.69, 9.17) is 16.3 Å². The molecule has 2 aromatic rings. The molecule has 0 spiro atoms. The average molecular weight is 378 g/mol. The molecule has 7 nitrogen and oxygen atoms in total. The second kappa shape index (κ2) is 9.24. The first-order chi connectivity index (χ1) is 12.4. The Labute approximate surface area is 158 Å². The highest BCUT2D eigenvalue weighted by Gasteiger charge is 2.12. The number of carbonyl (C=O) groups is 1. The number of aryl methyl sites for hydroxylation is 1. The van der Waals surface area contributed by atoms with Crippen molar-refractivity contribution >= 4 is 29.4 Å². The first-order valence-corrected chi connectivity index (χ1v) is 8.71. The molecule has 0 bridgehead atoms. The highest BCUT2D eigenvalue weighted by molar-refractivity contribution is 6.32. The number of hydrazone groups is 1. The van der Waals surface area contributed by atoms with E-state index in [2.05, 4.69) is 34.8 Å². The van der Waals surface area contributed by atoms with Gasteiger partial charge in [-0.1, -0.05) is 25.4 Å². The summed E-state index contributed by atoms with van der Waals surface area (Å²) in [7, 11) is 1.61. The maximum absolute atomic E-state index is 11.9. The van der Waals surface area contributed by atoms with Crippen molar-refractivity contribution in [2.75, 3.05) is 19.0 Å². The molecule has 8 heteroatoms. The minimum atomic E-state index is -0.264. The van der Waals surface area contributed by atoms with Crippen molar-refractivity contribution in [3.63, 3.8) is 0 Å². The molecule has 26 heavy (non-hydrogen) atoms. The molecule has 1 heterocycles. The molecule has 1 aromatic heterocycles. The number of nitrogens with zero attached hydrogens (tertiary/aromatic N) is 3. The lowest BCUT2D eigenvalue weighted by atomic mass is 10.2. The van der Waals surface area contributed by atoms with Crippen LogP contribution in [0.1, 0.15) is 25.1 Å². The van der Waals surface area contributed by atoms with Crippen LogP contribution in [0.4, 0.5) is 5.69 Å². The summed E-state index contributed by atoms with van der Waals surface area (Å²) in [5.41, 5.74) is 4.77. The smallest absolute Gasteiger partial charge is 0.259 e. The van der Waals surface area contributed by atoms with E-state index in [1.165, 1.54) is 6.21 Å². The molecule has 2 N–H and O–H groups in total. The number of methoxy groups -OCH3 is 1. The Bertz CT molecular complexity index is 769. The number of hydrogen-bond acceptors (Lipinski definition) is 5. The number of nitrogens with one attached hydrogen (secondary N) is 2. The van der Waals surface area contributed by atoms with Gasteiger partial charge < -0.3 is 10.1 Å². The van der Waals surface area contributed by atoms with Gasteiger partial charge in [0.2, 0.25) is 0 Å². The molecule has 0 radical (unpaired) electrons. The molecular weight excluding hydrogens is 354 g/mol. The predicted octanol–water partition coefficient (Wildman–Crippen LogP) is 3.07. The summed E-state index contributed by atoms with van der Waals surface area (Å²) >= 11 is 6.33. The van der Waals surface area contributed by atoms with Crippen molar-refractivity contribution in [3.05, 3.63) is 40.7 Å². The van der Waals surface area contributed by atoms with Crippen molar-refractivity contribution < 1.29 is 9.53 Å². The van der Waals surface area contributed by atoms with E-state index in [1.54, 1.807) is 11.8 Å². The summed E-state index contributed by atoms with van der Waals surface area (Å²) in [5, 5.41) is 11.9. The zero-order chi connectivity index (χ0) is 19.1. The highest BCUT2D eigenvalue weighted by Crippen LogP contribution is 2.19. The van der Waals surface area contributed by atoms with Crippen molar-refractivity contribution in [2.24, 2.45) is 11.0 Å². The molecule has 1 aromatic carbocycles. The highest BCUT2D eigenvalue weighted by atomic mass is 35.5. The van der Waals surface area contributed by atoms with E-state index < -0.39 is 0 Å². The number of rotatable bonds is 8. The maximum atomic E-state index is 11.9. The van der Waals surface area contributed by atoms with Crippen LogP contribution in [-0.4, -0.2) is 35.6 Å². The molecule has 0 aliphatic rings. The third-order valence-electron chi connectivity index (χ3n) is 3.57. The molecule has 0 unspecified atom stereocenters. The van der Waals surface area contributed by atoms with Crippen LogP contribution in [0.15, 0.2) is 29.4 Å². The Morgan fingerprint density at radius 1 is 1.38 bits per heavy atom. The largest absolute Gasteiger partial charge is 0.497 e. The molecule has 0 saturated heterocycles. The molecule has 0 saturated carbocycles. The molecule has 0 fully saturated rings. The summed E-state index contributed by atoms with van der Waals surface area (Å²) in [6.07, 6.45) is 1.52. The Balaban J connectivity index is 1.87. The van der Waals surface area contributed by atoms with Gasteiger partial charge in [-0.15, -0.1) is 0 Å². The van der Waals surface area contributed by atoms with Crippen molar-refractivity contribution in [1.29, 1.82) is 0 Å². The predicted molar refractivity (Wildman–Crippen MR) is 104 cm³/mol. The van der Waals surface area contributed by atoms with Crippen LogP contribution in [-0.2, 0) is 11.3 Å². The summed E-state index contributed by atoms with van der Waals surface area (Å²) in [4.78, 5) is 11.9. The van der Waals surface area contributed by atoms with E-state index in [0.29, 0.717) is 16.6 Å². The SMILES string of the molecule is COc1ccc(NCC(=O)N/N=C\c2c(C)nn(CC(C)C)c2Cl)cc1. The third-order valence-corrected chi connectivity index (χ3v) is 3.97. The number of hydrogen-bond donors (Lipinski definition) is 2. The lowest BCUT2D eigenvalue weighted by molar-refractivity contribution is -0.119. The van der Waals surface area contributed by atoms with Gasteiger partial charge in [0.25, 0.3) is 5.91 Å². The fraction of sp³-hybridized carbons (Fsp3) is 0.389. The number of anilines is 1. The summed E-state index contributed by atoms with van der Waals surface area (Å²) in [5.74, 6) is 0.926. The summed E-state index contributed by atoms with van der Waals surface area (Å²) in [6, 6.07) is 7.30. The number of benzene rings is 1. The van der Waals surface area contributed by atoms with Gasteiger partial charge in [0.15, 0.2) is 0 Å². The molecule has 2 rings (SSSR count). The Morgan fingerprint density at radius 3 is 2.69 bits per heavy atom. The fourth-order valence-electron chi connectivity index (χ4n) is 2.28. The van der Waals surface area contributed by atoms with Gasteiger partial charge in [0, 0.05) is 12.2 Å². The van der Waals surface area contributed by atoms with Crippen LogP contribution < -0.4 is 15.5 Å². The molecule has 0 aliphatic heterocycles. The standard InChI is InChI=1S/C18H24ClN5O2/c1-12(2)11-24-18(19)16(13(3)23-24)9-21-22-17(25)10-20-14-5-7-15(26-4)8-6-14/h5-9,12,20H,10-11H2,1-4H3,(H,22,25)/b21-9-. The molecule has 1 amide bonds. The van der Waals surface area contributed by atoms with E-state index in [-0.39, 0.29) is 12.5 Å².